The molecule has 0 unspecified atom stereocenters. The Morgan fingerprint density at radius 3 is 2.19 bits per heavy atom. The SMILES string of the molecule is CC(C)CC(=O)N(c1ccccc1)C1CCN(CCc2ccccc2)CC1. The van der Waals surface area contributed by atoms with Crippen LogP contribution in [0, 0.1) is 5.92 Å². The maximum Gasteiger partial charge on any atom is 0.227 e. The molecule has 1 heterocycles. The molecule has 0 spiro atoms. The third kappa shape index (κ3) is 5.67. The van der Waals surface area contributed by atoms with Gasteiger partial charge in [0.15, 0.2) is 0 Å². The van der Waals surface area contributed by atoms with Crippen LogP contribution in [0.3, 0.4) is 0 Å². The first-order chi connectivity index (χ1) is 13.1. The number of amides is 1. The molecule has 0 aliphatic carbocycles. The lowest BCUT2D eigenvalue weighted by atomic mass is 9.99. The predicted octanol–water partition coefficient (Wildman–Crippen LogP) is 4.77. The van der Waals surface area contributed by atoms with Gasteiger partial charge in [-0.2, -0.15) is 0 Å². The Kier molecular flexibility index (Phi) is 7.05. The minimum absolute atomic E-state index is 0.263. The zero-order valence-corrected chi connectivity index (χ0v) is 16.7. The molecule has 0 saturated carbocycles. The van der Waals surface area contributed by atoms with E-state index < -0.39 is 0 Å². The Bertz CT molecular complexity index is 691. The molecule has 1 fully saturated rings. The Morgan fingerprint density at radius 2 is 1.59 bits per heavy atom. The zero-order valence-electron chi connectivity index (χ0n) is 16.7. The van der Waals surface area contributed by atoms with Crippen molar-refractivity contribution in [2.75, 3.05) is 24.5 Å². The number of hydrogen-bond acceptors (Lipinski definition) is 2. The summed E-state index contributed by atoms with van der Waals surface area (Å²) in [5, 5.41) is 0. The van der Waals surface area contributed by atoms with Crippen LogP contribution < -0.4 is 4.90 Å². The normalized spacial score (nSPS) is 15.8. The van der Waals surface area contributed by atoms with Gasteiger partial charge in [-0.25, -0.2) is 0 Å². The van der Waals surface area contributed by atoms with E-state index >= 15 is 0 Å². The Balaban J connectivity index is 1.59. The molecule has 1 aliphatic heterocycles. The highest BCUT2D eigenvalue weighted by atomic mass is 16.2. The number of piperidine rings is 1. The second-order valence-corrected chi connectivity index (χ2v) is 8.01. The van der Waals surface area contributed by atoms with Crippen molar-refractivity contribution in [2.24, 2.45) is 5.92 Å². The Morgan fingerprint density at radius 1 is 1.00 bits per heavy atom. The van der Waals surface area contributed by atoms with Gasteiger partial charge in [-0.3, -0.25) is 4.79 Å². The van der Waals surface area contributed by atoms with E-state index in [2.05, 4.69) is 66.1 Å². The van der Waals surface area contributed by atoms with Gasteiger partial charge in [0.25, 0.3) is 0 Å². The average Bonchev–Trinajstić information content (AvgIpc) is 2.69. The number of carbonyl (C=O) groups excluding carboxylic acids is 1. The standard InChI is InChI=1S/C24H32N2O/c1-20(2)19-24(27)26(22-11-7-4-8-12-22)23-14-17-25(18-15-23)16-13-21-9-5-3-6-10-21/h3-12,20,23H,13-19H2,1-2H3. The number of likely N-dealkylation sites (tertiary alicyclic amines) is 1. The molecule has 2 aromatic carbocycles. The molecule has 3 nitrogen and oxygen atoms in total. The molecule has 0 N–H and O–H groups in total. The van der Waals surface area contributed by atoms with Gasteiger partial charge in [0.1, 0.15) is 0 Å². The zero-order chi connectivity index (χ0) is 19.1. The highest BCUT2D eigenvalue weighted by molar-refractivity contribution is 5.94. The molecular weight excluding hydrogens is 332 g/mol. The van der Waals surface area contributed by atoms with E-state index in [1.165, 1.54) is 5.56 Å². The molecule has 0 bridgehead atoms. The predicted molar refractivity (Wildman–Crippen MR) is 113 cm³/mol. The molecule has 1 aliphatic rings. The summed E-state index contributed by atoms with van der Waals surface area (Å²) in [7, 11) is 0. The molecular formula is C24H32N2O. The molecule has 0 atom stereocenters. The van der Waals surface area contributed by atoms with Crippen LogP contribution in [0.4, 0.5) is 5.69 Å². The van der Waals surface area contributed by atoms with Gasteiger partial charge in [0, 0.05) is 37.8 Å². The van der Waals surface area contributed by atoms with Crippen molar-refractivity contribution in [1.29, 1.82) is 0 Å². The fourth-order valence-corrected chi connectivity index (χ4v) is 3.93. The van der Waals surface area contributed by atoms with Crippen molar-refractivity contribution in [3.63, 3.8) is 0 Å². The van der Waals surface area contributed by atoms with E-state index in [1.54, 1.807) is 0 Å². The lowest BCUT2D eigenvalue weighted by Gasteiger charge is -2.39. The first-order valence-corrected chi connectivity index (χ1v) is 10.3. The topological polar surface area (TPSA) is 23.6 Å². The molecule has 27 heavy (non-hydrogen) atoms. The van der Waals surface area contributed by atoms with Crippen LogP contribution in [0.5, 0.6) is 0 Å². The van der Waals surface area contributed by atoms with E-state index in [4.69, 9.17) is 0 Å². The third-order valence-corrected chi connectivity index (χ3v) is 5.37. The second-order valence-electron chi connectivity index (χ2n) is 8.01. The van der Waals surface area contributed by atoms with E-state index in [-0.39, 0.29) is 5.91 Å². The summed E-state index contributed by atoms with van der Waals surface area (Å²) in [5.41, 5.74) is 2.45. The lowest BCUT2D eigenvalue weighted by molar-refractivity contribution is -0.120. The molecule has 3 heteroatoms. The summed E-state index contributed by atoms with van der Waals surface area (Å²) in [6.45, 7) is 7.47. The van der Waals surface area contributed by atoms with Crippen LogP contribution in [-0.2, 0) is 11.2 Å². The van der Waals surface area contributed by atoms with Gasteiger partial charge >= 0.3 is 0 Å². The third-order valence-electron chi connectivity index (χ3n) is 5.37. The number of carbonyl (C=O) groups is 1. The van der Waals surface area contributed by atoms with Crippen LogP contribution in [-0.4, -0.2) is 36.5 Å². The second kappa shape index (κ2) is 9.70. The van der Waals surface area contributed by atoms with E-state index in [9.17, 15) is 4.79 Å². The Labute approximate surface area is 164 Å². The lowest BCUT2D eigenvalue weighted by Crippen LogP contribution is -2.48. The van der Waals surface area contributed by atoms with Gasteiger partial charge in [-0.1, -0.05) is 62.4 Å². The van der Waals surface area contributed by atoms with Gasteiger partial charge < -0.3 is 9.80 Å². The highest BCUT2D eigenvalue weighted by Gasteiger charge is 2.29. The van der Waals surface area contributed by atoms with Crippen LogP contribution >= 0.6 is 0 Å². The van der Waals surface area contributed by atoms with Crippen LogP contribution in [0.1, 0.15) is 38.7 Å². The summed E-state index contributed by atoms with van der Waals surface area (Å²) < 4.78 is 0. The number of rotatable bonds is 7. The van der Waals surface area contributed by atoms with Gasteiger partial charge in [-0.05, 0) is 42.9 Å². The van der Waals surface area contributed by atoms with Crippen molar-refractivity contribution in [3.05, 3.63) is 66.2 Å². The summed E-state index contributed by atoms with van der Waals surface area (Å²) in [4.78, 5) is 17.6. The minimum atomic E-state index is 0.263. The quantitative estimate of drug-likeness (QED) is 0.706. The van der Waals surface area contributed by atoms with Gasteiger partial charge in [-0.15, -0.1) is 0 Å². The molecule has 0 radical (unpaired) electrons. The summed E-state index contributed by atoms with van der Waals surface area (Å²) >= 11 is 0. The van der Waals surface area contributed by atoms with Crippen LogP contribution in [0.2, 0.25) is 0 Å². The van der Waals surface area contributed by atoms with Crippen LogP contribution in [0.15, 0.2) is 60.7 Å². The first-order valence-electron chi connectivity index (χ1n) is 10.3. The molecule has 0 aromatic heterocycles. The fourth-order valence-electron chi connectivity index (χ4n) is 3.93. The first kappa shape index (κ1) is 19.6. The summed E-state index contributed by atoms with van der Waals surface area (Å²) in [6, 6.07) is 21.2. The minimum Gasteiger partial charge on any atom is -0.309 e. The van der Waals surface area contributed by atoms with E-state index in [0.717, 1.165) is 44.6 Å². The van der Waals surface area contributed by atoms with Crippen molar-refractivity contribution in [2.45, 2.75) is 45.6 Å². The molecule has 1 amide bonds. The van der Waals surface area contributed by atoms with Gasteiger partial charge in [0.2, 0.25) is 5.91 Å². The number of para-hydroxylation sites is 1. The van der Waals surface area contributed by atoms with Crippen LogP contribution in [0.25, 0.3) is 0 Å². The number of benzene rings is 2. The van der Waals surface area contributed by atoms with Gasteiger partial charge in [0.05, 0.1) is 0 Å². The maximum atomic E-state index is 13.0. The number of nitrogens with zero attached hydrogens (tertiary/aromatic N) is 2. The van der Waals surface area contributed by atoms with E-state index in [1.807, 2.05) is 18.2 Å². The Hall–Kier alpha value is -2.13. The van der Waals surface area contributed by atoms with Crippen molar-refractivity contribution >= 4 is 11.6 Å². The molecule has 1 saturated heterocycles. The van der Waals surface area contributed by atoms with Crippen molar-refractivity contribution < 1.29 is 4.79 Å². The van der Waals surface area contributed by atoms with Crippen molar-refractivity contribution in [3.8, 4) is 0 Å². The molecule has 3 rings (SSSR count). The van der Waals surface area contributed by atoms with E-state index in [0.29, 0.717) is 18.4 Å². The molecule has 144 valence electrons. The fraction of sp³-hybridized carbons (Fsp3) is 0.458. The monoisotopic (exact) mass is 364 g/mol. The number of anilines is 1. The summed E-state index contributed by atoms with van der Waals surface area (Å²) in [6.07, 6.45) is 3.81. The maximum absolute atomic E-state index is 13.0. The average molecular weight is 365 g/mol. The number of hydrogen-bond donors (Lipinski definition) is 0. The highest BCUT2D eigenvalue weighted by Crippen LogP contribution is 2.25. The van der Waals surface area contributed by atoms with Crippen molar-refractivity contribution in [1.82, 2.24) is 4.90 Å². The smallest absolute Gasteiger partial charge is 0.227 e. The molecule has 2 aromatic rings. The largest absolute Gasteiger partial charge is 0.309 e. The summed E-state index contributed by atoms with van der Waals surface area (Å²) in [5.74, 6) is 0.647.